The predicted molar refractivity (Wildman–Crippen MR) is 48.4 cm³/mol. The van der Waals surface area contributed by atoms with Gasteiger partial charge in [0.2, 0.25) is 6.41 Å². The van der Waals surface area contributed by atoms with Crippen molar-refractivity contribution in [1.82, 2.24) is 10.6 Å². The van der Waals surface area contributed by atoms with E-state index in [0.717, 1.165) is 13.0 Å². The SMILES string of the molecule is CCCCCNC(C)NC(O)O. The van der Waals surface area contributed by atoms with Crippen LogP contribution in [0.4, 0.5) is 0 Å². The molecule has 0 bridgehead atoms. The minimum atomic E-state index is -1.43. The summed E-state index contributed by atoms with van der Waals surface area (Å²) in [6.45, 7) is 4.92. The molecule has 0 aliphatic heterocycles. The molecule has 74 valence electrons. The zero-order valence-corrected chi connectivity index (χ0v) is 7.88. The Kier molecular flexibility index (Phi) is 7.39. The first-order chi connectivity index (χ1) is 5.66. The number of aliphatic hydroxyl groups excluding tert-OH is 1. The van der Waals surface area contributed by atoms with Crippen molar-refractivity contribution in [1.29, 1.82) is 0 Å². The van der Waals surface area contributed by atoms with Crippen molar-refractivity contribution < 1.29 is 10.2 Å². The van der Waals surface area contributed by atoms with Gasteiger partial charge in [0.15, 0.2) is 0 Å². The van der Waals surface area contributed by atoms with E-state index in [1.807, 2.05) is 6.92 Å². The van der Waals surface area contributed by atoms with E-state index in [-0.39, 0.29) is 6.17 Å². The van der Waals surface area contributed by atoms with Crippen molar-refractivity contribution in [3.05, 3.63) is 0 Å². The lowest BCUT2D eigenvalue weighted by Crippen LogP contribution is -2.45. The summed E-state index contributed by atoms with van der Waals surface area (Å²) < 4.78 is 0. The van der Waals surface area contributed by atoms with Crippen LogP contribution in [0.1, 0.15) is 33.1 Å². The van der Waals surface area contributed by atoms with Crippen LogP contribution in [0.15, 0.2) is 0 Å². The normalized spacial score (nSPS) is 13.8. The summed E-state index contributed by atoms with van der Waals surface area (Å²) >= 11 is 0. The molecule has 0 aliphatic carbocycles. The molecule has 0 aromatic heterocycles. The van der Waals surface area contributed by atoms with Crippen LogP contribution in [0.5, 0.6) is 0 Å². The molecule has 0 rings (SSSR count). The monoisotopic (exact) mass is 176 g/mol. The van der Waals surface area contributed by atoms with Crippen LogP contribution in [-0.2, 0) is 0 Å². The molecule has 0 saturated carbocycles. The van der Waals surface area contributed by atoms with Gasteiger partial charge in [0, 0.05) is 0 Å². The quantitative estimate of drug-likeness (QED) is 0.325. The molecule has 0 aromatic rings. The molecule has 4 N–H and O–H groups in total. The average molecular weight is 176 g/mol. The van der Waals surface area contributed by atoms with Gasteiger partial charge in [-0.25, -0.2) is 0 Å². The zero-order valence-electron chi connectivity index (χ0n) is 7.88. The van der Waals surface area contributed by atoms with Crippen LogP contribution in [0.25, 0.3) is 0 Å². The van der Waals surface area contributed by atoms with Gasteiger partial charge < -0.3 is 15.5 Å². The summed E-state index contributed by atoms with van der Waals surface area (Å²) in [5.41, 5.74) is 0. The van der Waals surface area contributed by atoms with Crippen molar-refractivity contribution in [3.8, 4) is 0 Å². The standard InChI is InChI=1S/C8H20N2O2/c1-3-4-5-6-9-7(2)10-8(11)12/h7-12H,3-6H2,1-2H3. The third-order valence-electron chi connectivity index (χ3n) is 1.63. The van der Waals surface area contributed by atoms with Crippen LogP contribution in [0, 0.1) is 0 Å². The molecule has 0 radical (unpaired) electrons. The number of aliphatic hydroxyl groups is 2. The Balaban J connectivity index is 3.14. The van der Waals surface area contributed by atoms with E-state index in [2.05, 4.69) is 17.6 Å². The Hall–Kier alpha value is -0.160. The second-order valence-electron chi connectivity index (χ2n) is 2.92. The molecule has 4 nitrogen and oxygen atoms in total. The summed E-state index contributed by atoms with van der Waals surface area (Å²) in [5, 5.41) is 22.7. The van der Waals surface area contributed by atoms with Gasteiger partial charge in [-0.05, 0) is 19.9 Å². The molecular weight excluding hydrogens is 156 g/mol. The first-order valence-corrected chi connectivity index (χ1v) is 4.52. The van der Waals surface area contributed by atoms with Crippen LogP contribution in [0.3, 0.4) is 0 Å². The first-order valence-electron chi connectivity index (χ1n) is 4.52. The zero-order chi connectivity index (χ0) is 9.40. The topological polar surface area (TPSA) is 64.5 Å². The Bertz CT molecular complexity index is 99.1. The van der Waals surface area contributed by atoms with Gasteiger partial charge >= 0.3 is 0 Å². The van der Waals surface area contributed by atoms with E-state index in [9.17, 15) is 0 Å². The van der Waals surface area contributed by atoms with E-state index in [0.29, 0.717) is 0 Å². The van der Waals surface area contributed by atoms with E-state index >= 15 is 0 Å². The summed E-state index contributed by atoms with van der Waals surface area (Å²) in [5.74, 6) is 0. The van der Waals surface area contributed by atoms with Gasteiger partial charge in [-0.2, -0.15) is 0 Å². The van der Waals surface area contributed by atoms with Crippen molar-refractivity contribution in [2.45, 2.75) is 45.7 Å². The van der Waals surface area contributed by atoms with E-state index < -0.39 is 6.41 Å². The van der Waals surface area contributed by atoms with Gasteiger partial charge in [-0.1, -0.05) is 19.8 Å². The highest BCUT2D eigenvalue weighted by Gasteiger charge is 2.02. The Morgan fingerprint density at radius 2 is 1.92 bits per heavy atom. The number of hydrogen-bond acceptors (Lipinski definition) is 4. The van der Waals surface area contributed by atoms with Crippen molar-refractivity contribution in [3.63, 3.8) is 0 Å². The van der Waals surface area contributed by atoms with E-state index in [1.54, 1.807) is 0 Å². The highest BCUT2D eigenvalue weighted by molar-refractivity contribution is 4.56. The molecule has 0 fully saturated rings. The molecule has 0 amide bonds. The maximum atomic E-state index is 8.53. The van der Waals surface area contributed by atoms with Gasteiger partial charge in [-0.3, -0.25) is 5.32 Å². The number of rotatable bonds is 7. The molecule has 0 saturated heterocycles. The maximum Gasteiger partial charge on any atom is 0.212 e. The third-order valence-corrected chi connectivity index (χ3v) is 1.63. The number of unbranched alkanes of at least 4 members (excludes halogenated alkanes) is 2. The highest BCUT2D eigenvalue weighted by Crippen LogP contribution is 1.91. The van der Waals surface area contributed by atoms with Crippen LogP contribution in [-0.4, -0.2) is 29.3 Å². The van der Waals surface area contributed by atoms with Crippen molar-refractivity contribution in [2.75, 3.05) is 6.54 Å². The van der Waals surface area contributed by atoms with Crippen LogP contribution >= 0.6 is 0 Å². The predicted octanol–water partition coefficient (Wildman–Crippen LogP) is -0.0300. The summed E-state index contributed by atoms with van der Waals surface area (Å²) in [4.78, 5) is 0. The highest BCUT2D eigenvalue weighted by atomic mass is 16.5. The summed E-state index contributed by atoms with van der Waals surface area (Å²) in [7, 11) is 0. The molecule has 1 atom stereocenters. The lowest BCUT2D eigenvalue weighted by Gasteiger charge is -2.16. The lowest BCUT2D eigenvalue weighted by molar-refractivity contribution is -0.0744. The number of hydrogen-bond donors (Lipinski definition) is 4. The van der Waals surface area contributed by atoms with Gasteiger partial charge in [0.25, 0.3) is 0 Å². The second kappa shape index (κ2) is 7.49. The first kappa shape index (κ1) is 11.8. The van der Waals surface area contributed by atoms with Gasteiger partial charge in [0.1, 0.15) is 0 Å². The van der Waals surface area contributed by atoms with Gasteiger partial charge in [-0.15, -0.1) is 0 Å². The maximum absolute atomic E-state index is 8.53. The molecule has 4 heteroatoms. The Labute approximate surface area is 74.0 Å². The molecule has 0 heterocycles. The Morgan fingerprint density at radius 1 is 1.25 bits per heavy atom. The molecule has 1 unspecified atom stereocenters. The fourth-order valence-electron chi connectivity index (χ4n) is 0.976. The van der Waals surface area contributed by atoms with E-state index in [1.165, 1.54) is 12.8 Å². The fourth-order valence-corrected chi connectivity index (χ4v) is 0.976. The molecule has 0 spiro atoms. The molecule has 0 aliphatic rings. The fraction of sp³-hybridized carbons (Fsp3) is 1.00. The summed E-state index contributed by atoms with van der Waals surface area (Å²) in [6, 6.07) is 0. The van der Waals surface area contributed by atoms with E-state index in [4.69, 9.17) is 10.2 Å². The number of nitrogens with one attached hydrogen (secondary N) is 2. The largest absolute Gasteiger partial charge is 0.356 e. The minimum absolute atomic E-state index is 0.0538. The third kappa shape index (κ3) is 7.94. The second-order valence-corrected chi connectivity index (χ2v) is 2.92. The van der Waals surface area contributed by atoms with Gasteiger partial charge in [0.05, 0.1) is 6.17 Å². The van der Waals surface area contributed by atoms with Crippen LogP contribution < -0.4 is 10.6 Å². The van der Waals surface area contributed by atoms with Crippen molar-refractivity contribution >= 4 is 0 Å². The van der Waals surface area contributed by atoms with Crippen LogP contribution in [0.2, 0.25) is 0 Å². The summed E-state index contributed by atoms with van der Waals surface area (Å²) in [6.07, 6.45) is 2.05. The Morgan fingerprint density at radius 3 is 2.42 bits per heavy atom. The lowest BCUT2D eigenvalue weighted by atomic mass is 10.2. The van der Waals surface area contributed by atoms with Crippen molar-refractivity contribution in [2.24, 2.45) is 0 Å². The molecular formula is C8H20N2O2. The minimum Gasteiger partial charge on any atom is -0.356 e. The molecule has 0 aromatic carbocycles. The average Bonchev–Trinajstić information content (AvgIpc) is 1.97. The molecule has 12 heavy (non-hydrogen) atoms. The smallest absolute Gasteiger partial charge is 0.212 e.